The molecule has 6 heteroatoms. The van der Waals surface area contributed by atoms with Crippen molar-refractivity contribution in [3.8, 4) is 5.82 Å². The molecule has 2 heterocycles. The van der Waals surface area contributed by atoms with Gasteiger partial charge in [0.1, 0.15) is 5.82 Å². The lowest BCUT2D eigenvalue weighted by atomic mass is 10.1. The Kier molecular flexibility index (Phi) is 4.12. The van der Waals surface area contributed by atoms with Crippen LogP contribution in [0.3, 0.4) is 0 Å². The Labute approximate surface area is 154 Å². The van der Waals surface area contributed by atoms with Gasteiger partial charge in [-0.1, -0.05) is 42.1 Å². The molecule has 0 aliphatic heterocycles. The molecule has 2 aromatic heterocycles. The molecule has 0 radical (unpaired) electrons. The maximum Gasteiger partial charge on any atom is 0.307 e. The third-order valence-corrected chi connectivity index (χ3v) is 5.07. The molecule has 0 fully saturated rings. The van der Waals surface area contributed by atoms with E-state index in [9.17, 15) is 9.90 Å². The molecule has 0 atom stereocenters. The maximum atomic E-state index is 11.4. The molecule has 4 rings (SSSR count). The number of aromatic nitrogens is 3. The quantitative estimate of drug-likeness (QED) is 0.434. The first kappa shape index (κ1) is 16.6. The van der Waals surface area contributed by atoms with E-state index in [0.717, 1.165) is 38.9 Å². The van der Waals surface area contributed by atoms with Crippen LogP contribution < -0.4 is 0 Å². The number of hydrogen-bond acceptors (Lipinski definition) is 4. The Hall–Kier alpha value is -2.86. The largest absolute Gasteiger partial charge is 0.481 e. The van der Waals surface area contributed by atoms with Crippen LogP contribution in [-0.4, -0.2) is 31.9 Å². The summed E-state index contributed by atoms with van der Waals surface area (Å²) in [6, 6.07) is 15.8. The van der Waals surface area contributed by atoms with Crippen molar-refractivity contribution in [2.75, 3.05) is 6.26 Å². The van der Waals surface area contributed by atoms with Gasteiger partial charge in [-0.15, -0.1) is 0 Å². The van der Waals surface area contributed by atoms with Crippen molar-refractivity contribution in [1.29, 1.82) is 0 Å². The van der Waals surface area contributed by atoms with E-state index in [1.165, 1.54) is 11.8 Å². The van der Waals surface area contributed by atoms with Crippen molar-refractivity contribution in [3.63, 3.8) is 0 Å². The molecule has 1 N–H and O–H groups in total. The molecule has 26 heavy (non-hydrogen) atoms. The van der Waals surface area contributed by atoms with Crippen LogP contribution in [-0.2, 0) is 11.2 Å². The third-order valence-electron chi connectivity index (χ3n) is 4.53. The number of carbonyl (C=O) groups is 1. The highest BCUT2D eigenvalue weighted by Crippen LogP contribution is 2.32. The van der Waals surface area contributed by atoms with E-state index in [-0.39, 0.29) is 6.42 Å². The number of carboxylic acids is 1. The lowest BCUT2D eigenvalue weighted by Crippen LogP contribution is -2.05. The first-order valence-corrected chi connectivity index (χ1v) is 9.44. The minimum absolute atomic E-state index is 0.0161. The predicted octanol–water partition coefficient (Wildman–Crippen LogP) is 4.23. The van der Waals surface area contributed by atoms with Crippen molar-refractivity contribution in [3.05, 3.63) is 59.8 Å². The number of fused-ring (bicyclic) bond motifs is 2. The van der Waals surface area contributed by atoms with E-state index in [0.29, 0.717) is 5.16 Å². The Morgan fingerprint density at radius 2 is 1.77 bits per heavy atom. The summed E-state index contributed by atoms with van der Waals surface area (Å²) >= 11 is 1.49. The zero-order chi connectivity index (χ0) is 18.3. The molecule has 2 aromatic carbocycles. The van der Waals surface area contributed by atoms with Crippen LogP contribution in [0.25, 0.3) is 27.6 Å². The van der Waals surface area contributed by atoms with Gasteiger partial charge in [0.05, 0.1) is 17.5 Å². The highest BCUT2D eigenvalue weighted by Gasteiger charge is 2.20. The molecule has 0 spiro atoms. The van der Waals surface area contributed by atoms with E-state index >= 15 is 0 Å². The summed E-state index contributed by atoms with van der Waals surface area (Å²) in [7, 11) is 0. The highest BCUT2D eigenvalue weighted by atomic mass is 32.2. The zero-order valence-electron chi connectivity index (χ0n) is 14.4. The Bertz CT molecular complexity index is 1150. The first-order valence-electron chi connectivity index (χ1n) is 8.22. The van der Waals surface area contributed by atoms with Gasteiger partial charge in [0, 0.05) is 16.5 Å². The molecule has 0 unspecified atom stereocenters. The van der Waals surface area contributed by atoms with Crippen LogP contribution in [0.1, 0.15) is 11.3 Å². The van der Waals surface area contributed by atoms with Crippen LogP contribution in [0.5, 0.6) is 0 Å². The van der Waals surface area contributed by atoms with Gasteiger partial charge in [-0.2, -0.15) is 0 Å². The van der Waals surface area contributed by atoms with Crippen molar-refractivity contribution < 1.29 is 9.90 Å². The van der Waals surface area contributed by atoms with Gasteiger partial charge in [0.25, 0.3) is 0 Å². The summed E-state index contributed by atoms with van der Waals surface area (Å²) in [5, 5.41) is 11.9. The maximum absolute atomic E-state index is 11.4. The molecule has 0 aliphatic carbocycles. The number of hydrogen-bond donors (Lipinski definition) is 1. The molecular formula is C20H17N3O2S. The van der Waals surface area contributed by atoms with E-state index in [4.69, 9.17) is 4.98 Å². The van der Waals surface area contributed by atoms with Gasteiger partial charge in [-0.25, -0.2) is 9.97 Å². The first-order chi connectivity index (χ1) is 12.6. The van der Waals surface area contributed by atoms with Crippen LogP contribution in [0.2, 0.25) is 0 Å². The number of para-hydroxylation sites is 2. The van der Waals surface area contributed by atoms with Gasteiger partial charge in [-0.05, 0) is 36.9 Å². The van der Waals surface area contributed by atoms with E-state index < -0.39 is 5.97 Å². The number of aliphatic carboxylic acids is 1. The number of rotatable bonds is 4. The molecule has 0 amide bonds. The fourth-order valence-electron chi connectivity index (χ4n) is 3.38. The van der Waals surface area contributed by atoms with E-state index in [1.807, 2.05) is 61.7 Å². The SMILES string of the molecule is CSc1nc(-n2c(C)c(CC(=O)O)c3ccccc32)c2ccccc2n1. The van der Waals surface area contributed by atoms with Crippen LogP contribution >= 0.6 is 11.8 Å². The van der Waals surface area contributed by atoms with Crippen molar-refractivity contribution in [2.45, 2.75) is 18.5 Å². The second kappa shape index (κ2) is 6.46. The number of carboxylic acid groups (broad SMARTS) is 1. The van der Waals surface area contributed by atoms with Crippen molar-refractivity contribution in [2.24, 2.45) is 0 Å². The van der Waals surface area contributed by atoms with Gasteiger partial charge in [0.2, 0.25) is 0 Å². The summed E-state index contributed by atoms with van der Waals surface area (Å²) in [4.78, 5) is 20.7. The normalized spacial score (nSPS) is 11.3. The molecule has 130 valence electrons. The molecule has 4 aromatic rings. The van der Waals surface area contributed by atoms with Crippen molar-refractivity contribution >= 4 is 39.5 Å². The monoisotopic (exact) mass is 363 g/mol. The summed E-state index contributed by atoms with van der Waals surface area (Å²) in [6.45, 7) is 1.95. The Morgan fingerprint density at radius 1 is 1.08 bits per heavy atom. The lowest BCUT2D eigenvalue weighted by Gasteiger charge is -2.12. The smallest absolute Gasteiger partial charge is 0.307 e. The van der Waals surface area contributed by atoms with Crippen LogP contribution in [0, 0.1) is 6.92 Å². The average molecular weight is 363 g/mol. The molecular weight excluding hydrogens is 346 g/mol. The minimum atomic E-state index is -0.839. The topological polar surface area (TPSA) is 68.0 Å². The van der Waals surface area contributed by atoms with Gasteiger partial charge >= 0.3 is 5.97 Å². The molecule has 0 saturated heterocycles. The molecule has 0 saturated carbocycles. The molecule has 5 nitrogen and oxygen atoms in total. The minimum Gasteiger partial charge on any atom is -0.481 e. The van der Waals surface area contributed by atoms with Gasteiger partial charge in [0.15, 0.2) is 5.16 Å². The fourth-order valence-corrected chi connectivity index (χ4v) is 3.75. The summed E-state index contributed by atoms with van der Waals surface area (Å²) < 4.78 is 2.05. The van der Waals surface area contributed by atoms with Gasteiger partial charge < -0.3 is 5.11 Å². The van der Waals surface area contributed by atoms with Crippen LogP contribution in [0.15, 0.2) is 53.7 Å². The van der Waals surface area contributed by atoms with E-state index in [2.05, 4.69) is 9.55 Å². The standard InChI is InChI=1S/C20H17N3O2S/c1-12-15(11-18(24)25)13-7-4-6-10-17(13)23(12)19-14-8-3-5-9-16(14)21-20(22-19)26-2/h3-10H,11H2,1-2H3,(H,24,25). The Balaban J connectivity index is 2.11. The second-order valence-corrected chi connectivity index (χ2v) is 6.81. The highest BCUT2D eigenvalue weighted by molar-refractivity contribution is 7.98. The Morgan fingerprint density at radius 3 is 2.50 bits per heavy atom. The summed E-state index contributed by atoms with van der Waals surface area (Å²) in [5.41, 5.74) is 3.54. The zero-order valence-corrected chi connectivity index (χ0v) is 15.2. The second-order valence-electron chi connectivity index (χ2n) is 6.04. The molecule has 0 aliphatic rings. The van der Waals surface area contributed by atoms with Crippen molar-refractivity contribution in [1.82, 2.24) is 14.5 Å². The third kappa shape index (κ3) is 2.63. The van der Waals surface area contributed by atoms with E-state index in [1.54, 1.807) is 0 Å². The predicted molar refractivity (Wildman–Crippen MR) is 104 cm³/mol. The lowest BCUT2D eigenvalue weighted by molar-refractivity contribution is -0.136. The van der Waals surface area contributed by atoms with Gasteiger partial charge in [-0.3, -0.25) is 9.36 Å². The fraction of sp³-hybridized carbons (Fsp3) is 0.150. The number of thioether (sulfide) groups is 1. The number of nitrogens with zero attached hydrogens (tertiary/aromatic N) is 3. The van der Waals surface area contributed by atoms with Crippen LogP contribution in [0.4, 0.5) is 0 Å². The summed E-state index contributed by atoms with van der Waals surface area (Å²) in [5.74, 6) is -0.0568. The summed E-state index contributed by atoms with van der Waals surface area (Å²) in [6.07, 6.45) is 1.93. The average Bonchev–Trinajstić information content (AvgIpc) is 2.92. The number of benzene rings is 2. The molecule has 0 bridgehead atoms.